The van der Waals surface area contributed by atoms with Crippen molar-refractivity contribution in [1.29, 1.82) is 0 Å². The number of rotatable bonds is 5. The van der Waals surface area contributed by atoms with Crippen molar-refractivity contribution in [2.24, 2.45) is 0 Å². The Labute approximate surface area is 198 Å². The van der Waals surface area contributed by atoms with Gasteiger partial charge in [-0.25, -0.2) is 0 Å². The second-order valence-corrected chi connectivity index (χ2v) is 10.1. The van der Waals surface area contributed by atoms with E-state index >= 15 is 0 Å². The summed E-state index contributed by atoms with van der Waals surface area (Å²) < 4.78 is 59.2. The van der Waals surface area contributed by atoms with Gasteiger partial charge in [-0.05, 0) is 57.8 Å². The van der Waals surface area contributed by atoms with Crippen LogP contribution in [0.3, 0.4) is 0 Å². The van der Waals surface area contributed by atoms with Gasteiger partial charge in [0, 0.05) is 11.5 Å². The molecule has 34 heavy (non-hydrogen) atoms. The molecule has 1 nitrogen and oxygen atoms in total. The predicted octanol–water partition coefficient (Wildman–Crippen LogP) is 9.11. The van der Waals surface area contributed by atoms with E-state index in [9.17, 15) is 30.0 Å². The summed E-state index contributed by atoms with van der Waals surface area (Å²) in [5.74, 6) is 0.633. The van der Waals surface area contributed by atoms with Gasteiger partial charge in [0.05, 0.1) is 0 Å². The van der Waals surface area contributed by atoms with Crippen LogP contribution < -0.4 is 0 Å². The zero-order chi connectivity index (χ0) is 25.2. The monoisotopic (exact) mass is 516 g/mol. The summed E-state index contributed by atoms with van der Waals surface area (Å²) in [5, 5.41) is 5.02. The molecule has 0 aromatic heterocycles. The zero-order valence-corrected chi connectivity index (χ0v) is 20.0. The molecule has 0 N–H and O–H groups in total. The zero-order valence-electron chi connectivity index (χ0n) is 18.1. The van der Waals surface area contributed by atoms with E-state index in [-0.39, 0.29) is 11.7 Å². The minimum atomic E-state index is -10.7. The maximum absolute atomic E-state index is 12.6. The average Bonchev–Trinajstić information content (AvgIpc) is 2.76. The summed E-state index contributed by atoms with van der Waals surface area (Å²) in [7, 11) is -10.7. The Balaban J connectivity index is 0.000000406. The molecule has 0 saturated carbocycles. The fraction of sp³-hybridized carbons (Fsp3) is 0.160. The van der Waals surface area contributed by atoms with Gasteiger partial charge in [0.15, 0.2) is 5.75 Å². The van der Waals surface area contributed by atoms with Gasteiger partial charge < -0.3 is 0 Å². The van der Waals surface area contributed by atoms with E-state index in [1.54, 1.807) is 0 Å². The number of carbonyl (C=O) groups excluding carboxylic acids is 1. The van der Waals surface area contributed by atoms with Gasteiger partial charge in [-0.2, -0.15) is 0 Å². The Kier molecular flexibility index (Phi) is 6.81. The number of hydrogen-bond donors (Lipinski definition) is 0. The summed E-state index contributed by atoms with van der Waals surface area (Å²) in [6.45, 7) is 2.20. The molecule has 1 atom stereocenters. The Hall–Kier alpha value is -2.57. The van der Waals surface area contributed by atoms with Gasteiger partial charge in [0.25, 0.3) is 0 Å². The molecular weight excluding hydrogens is 493 g/mol. The first-order valence-electron chi connectivity index (χ1n) is 10.4. The molecule has 0 aliphatic rings. The molecule has 0 saturated heterocycles. The van der Waals surface area contributed by atoms with Crippen molar-refractivity contribution in [3.8, 4) is 0 Å². The topological polar surface area (TPSA) is 17.1 Å². The molecule has 0 fully saturated rings. The second kappa shape index (κ2) is 8.90. The summed E-state index contributed by atoms with van der Waals surface area (Å²) in [6.07, 6.45) is 0.935. The first kappa shape index (κ1) is 26.0. The van der Waals surface area contributed by atoms with Crippen LogP contribution in [0.2, 0.25) is 0 Å². The van der Waals surface area contributed by atoms with E-state index in [0.29, 0.717) is 5.75 Å². The molecule has 0 bridgehead atoms. The van der Waals surface area contributed by atoms with Gasteiger partial charge in [-0.15, -0.1) is 0 Å². The SMILES string of the molecule is CCC(c1ccccc1C(=O)C[SH2+])c1c2ccccc2cc2ccccc12.F[P-](F)(F)(F)(F)F. The van der Waals surface area contributed by atoms with Crippen LogP contribution in [0.5, 0.6) is 0 Å². The van der Waals surface area contributed by atoms with Crippen molar-refractivity contribution in [3.63, 3.8) is 0 Å². The normalized spacial score (nSPS) is 14.6. The molecule has 0 radical (unpaired) electrons. The van der Waals surface area contributed by atoms with Crippen LogP contribution in [0.1, 0.15) is 40.7 Å². The molecule has 0 aliphatic carbocycles. The summed E-state index contributed by atoms with van der Waals surface area (Å²) in [4.78, 5) is 12.6. The van der Waals surface area contributed by atoms with E-state index in [2.05, 4.69) is 80.2 Å². The standard InChI is InChI=1S/C25H22OS.F6P/c1-2-19(22-13-7-8-14-23(22)24(26)16-27)25-20-11-5-3-9-17(20)15-18-10-4-6-12-21(18)25;1-7(2,3,4,5)6/h3-15,19,27H,2,16H2,1H3;/q;-1/p+1. The van der Waals surface area contributed by atoms with E-state index in [4.69, 9.17) is 0 Å². The van der Waals surface area contributed by atoms with Crippen LogP contribution >= 0.6 is 7.81 Å². The maximum atomic E-state index is 12.6. The van der Waals surface area contributed by atoms with Crippen LogP contribution in [0.15, 0.2) is 78.9 Å². The fourth-order valence-electron chi connectivity index (χ4n) is 4.15. The van der Waals surface area contributed by atoms with Crippen LogP contribution in [0, 0.1) is 0 Å². The van der Waals surface area contributed by atoms with Crippen molar-refractivity contribution in [1.82, 2.24) is 0 Å². The summed E-state index contributed by atoms with van der Waals surface area (Å²) in [5.41, 5.74) is 3.25. The molecule has 0 amide bonds. The van der Waals surface area contributed by atoms with Gasteiger partial charge in [-0.3, -0.25) is 4.79 Å². The van der Waals surface area contributed by atoms with Gasteiger partial charge in [-0.1, -0.05) is 79.7 Å². The number of fused-ring (bicyclic) bond motifs is 2. The predicted molar refractivity (Wildman–Crippen MR) is 133 cm³/mol. The number of Topliss-reactive ketones (excluding diaryl/α,β-unsaturated/α-hetero) is 1. The van der Waals surface area contributed by atoms with Crippen LogP contribution in [-0.4, -0.2) is 11.5 Å². The van der Waals surface area contributed by atoms with E-state index in [0.717, 1.165) is 17.5 Å². The fourth-order valence-corrected chi connectivity index (χ4v) is 4.34. The first-order chi connectivity index (χ1) is 15.7. The third-order valence-electron chi connectivity index (χ3n) is 5.37. The first-order valence-corrected chi connectivity index (χ1v) is 13.2. The van der Waals surface area contributed by atoms with E-state index < -0.39 is 7.81 Å². The molecule has 4 aromatic carbocycles. The molecule has 0 spiro atoms. The number of hydrogen-bond acceptors (Lipinski definition) is 1. The molecule has 4 aromatic rings. The van der Waals surface area contributed by atoms with Gasteiger partial charge >= 0.3 is 33.0 Å². The van der Waals surface area contributed by atoms with Crippen LogP contribution in [-0.2, 0) is 12.6 Å². The third kappa shape index (κ3) is 6.97. The Morgan fingerprint density at radius 1 is 0.794 bits per heavy atom. The second-order valence-electron chi connectivity index (χ2n) is 7.84. The summed E-state index contributed by atoms with van der Waals surface area (Å²) >= 11 is 3.40. The Bertz CT molecular complexity index is 1290. The van der Waals surface area contributed by atoms with Crippen molar-refractivity contribution in [3.05, 3.63) is 95.6 Å². The Morgan fingerprint density at radius 3 is 1.71 bits per heavy atom. The number of halogens is 6. The van der Waals surface area contributed by atoms with Gasteiger partial charge in [0.2, 0.25) is 5.78 Å². The molecule has 0 heterocycles. The van der Waals surface area contributed by atoms with E-state index in [1.165, 1.54) is 27.1 Å². The number of ketones is 1. The average molecular weight is 516 g/mol. The van der Waals surface area contributed by atoms with Crippen molar-refractivity contribution >= 4 is 47.8 Å². The molecule has 0 aliphatic heterocycles. The number of benzene rings is 4. The Morgan fingerprint density at radius 2 is 1.24 bits per heavy atom. The van der Waals surface area contributed by atoms with Crippen molar-refractivity contribution < 1.29 is 30.0 Å². The van der Waals surface area contributed by atoms with E-state index in [1.807, 2.05) is 18.2 Å². The summed E-state index contributed by atoms with van der Waals surface area (Å²) in [6, 6.07) is 27.4. The number of carbonyl (C=O) groups is 1. The van der Waals surface area contributed by atoms with Crippen LogP contribution in [0.25, 0.3) is 21.5 Å². The van der Waals surface area contributed by atoms with Crippen molar-refractivity contribution in [2.75, 3.05) is 5.75 Å². The molecule has 4 rings (SSSR count). The minimum absolute atomic E-state index is 0.130. The molecule has 9 heteroatoms. The molecule has 182 valence electrons. The third-order valence-corrected chi connectivity index (χ3v) is 5.69. The van der Waals surface area contributed by atoms with Crippen LogP contribution in [0.4, 0.5) is 25.2 Å². The van der Waals surface area contributed by atoms with Crippen molar-refractivity contribution in [2.45, 2.75) is 19.3 Å². The quantitative estimate of drug-likeness (QED) is 0.0850. The van der Waals surface area contributed by atoms with Gasteiger partial charge in [0.1, 0.15) is 0 Å². The molecular formula is C25H23F6OPS. The molecule has 1 unspecified atom stereocenters.